The number of furan rings is 1. The van der Waals surface area contributed by atoms with Crippen molar-refractivity contribution >= 4 is 22.0 Å². The van der Waals surface area contributed by atoms with E-state index >= 15 is 0 Å². The van der Waals surface area contributed by atoms with E-state index in [0.29, 0.717) is 12.5 Å². The molecule has 0 unspecified atom stereocenters. The number of hydrogen-bond acceptors (Lipinski definition) is 6. The van der Waals surface area contributed by atoms with Gasteiger partial charge in [0.2, 0.25) is 5.88 Å². The van der Waals surface area contributed by atoms with Gasteiger partial charge in [-0.2, -0.15) is 0 Å². The molecule has 2 aromatic heterocycles. The standard InChI is InChI=1S/C22H20N2O4/c1-11-5-14(20-16(6-11)24-19(25-4)9-23-20)17-8-15-21(28-17)12(2)7-18-22(15)26-10-13(3)27-18/h5-9,13H,10H2,1-4H3/t13-/m1/s1. The molecule has 3 heterocycles. The van der Waals surface area contributed by atoms with E-state index in [0.717, 1.165) is 56.0 Å². The van der Waals surface area contributed by atoms with E-state index in [1.807, 2.05) is 39.0 Å². The second-order valence-corrected chi connectivity index (χ2v) is 7.21. The van der Waals surface area contributed by atoms with Crippen LogP contribution in [0.25, 0.3) is 33.3 Å². The minimum Gasteiger partial charge on any atom is -0.485 e. The van der Waals surface area contributed by atoms with Crippen LogP contribution in [0.3, 0.4) is 0 Å². The number of benzene rings is 2. The van der Waals surface area contributed by atoms with Gasteiger partial charge in [-0.15, -0.1) is 0 Å². The Bertz CT molecular complexity index is 1230. The monoisotopic (exact) mass is 376 g/mol. The summed E-state index contributed by atoms with van der Waals surface area (Å²) in [5.74, 6) is 2.70. The number of rotatable bonds is 2. The van der Waals surface area contributed by atoms with E-state index in [9.17, 15) is 0 Å². The third-order valence-corrected chi connectivity index (χ3v) is 4.94. The Morgan fingerprint density at radius 3 is 2.82 bits per heavy atom. The van der Waals surface area contributed by atoms with Gasteiger partial charge in [-0.25, -0.2) is 9.97 Å². The number of aromatic nitrogens is 2. The number of ether oxygens (including phenoxy) is 3. The maximum Gasteiger partial charge on any atom is 0.232 e. The van der Waals surface area contributed by atoms with E-state index in [1.54, 1.807) is 13.3 Å². The number of methoxy groups -OCH3 is 1. The van der Waals surface area contributed by atoms with Crippen molar-refractivity contribution in [3.63, 3.8) is 0 Å². The van der Waals surface area contributed by atoms with Crippen molar-refractivity contribution in [2.45, 2.75) is 26.9 Å². The maximum atomic E-state index is 6.26. The van der Waals surface area contributed by atoms with Crippen LogP contribution in [-0.2, 0) is 0 Å². The Hall–Kier alpha value is -3.28. The smallest absolute Gasteiger partial charge is 0.232 e. The highest BCUT2D eigenvalue weighted by Gasteiger charge is 2.24. The van der Waals surface area contributed by atoms with Gasteiger partial charge in [-0.3, -0.25) is 0 Å². The van der Waals surface area contributed by atoms with Crippen molar-refractivity contribution in [3.8, 4) is 28.7 Å². The summed E-state index contributed by atoms with van der Waals surface area (Å²) >= 11 is 0. The van der Waals surface area contributed by atoms with Crippen LogP contribution in [-0.4, -0.2) is 29.8 Å². The molecule has 0 saturated carbocycles. The fraction of sp³-hybridized carbons (Fsp3) is 0.273. The number of fused-ring (bicyclic) bond motifs is 4. The third kappa shape index (κ3) is 2.56. The van der Waals surface area contributed by atoms with E-state index < -0.39 is 0 Å². The summed E-state index contributed by atoms with van der Waals surface area (Å²) in [6.07, 6.45) is 1.65. The first-order valence-corrected chi connectivity index (χ1v) is 9.22. The Morgan fingerprint density at radius 1 is 1.14 bits per heavy atom. The van der Waals surface area contributed by atoms with Gasteiger partial charge in [0.25, 0.3) is 0 Å². The summed E-state index contributed by atoms with van der Waals surface area (Å²) in [5, 5.41) is 0.910. The Labute approximate surface area is 162 Å². The van der Waals surface area contributed by atoms with Crippen LogP contribution in [0.1, 0.15) is 18.1 Å². The average Bonchev–Trinajstić information content (AvgIpc) is 3.12. The summed E-state index contributed by atoms with van der Waals surface area (Å²) in [6.45, 7) is 6.55. The van der Waals surface area contributed by atoms with Crippen LogP contribution in [0.2, 0.25) is 0 Å². The maximum absolute atomic E-state index is 6.26. The van der Waals surface area contributed by atoms with Crippen LogP contribution in [0.5, 0.6) is 17.4 Å². The molecule has 6 heteroatoms. The molecule has 6 nitrogen and oxygen atoms in total. The van der Waals surface area contributed by atoms with E-state index in [4.69, 9.17) is 18.6 Å². The van der Waals surface area contributed by atoms with Gasteiger partial charge in [-0.1, -0.05) is 0 Å². The molecular weight excluding hydrogens is 356 g/mol. The van der Waals surface area contributed by atoms with Gasteiger partial charge < -0.3 is 18.6 Å². The highest BCUT2D eigenvalue weighted by Crippen LogP contribution is 2.44. The molecule has 5 rings (SSSR count). The molecular formula is C22H20N2O4. The molecule has 0 amide bonds. The predicted octanol–water partition coefficient (Wildman–Crippen LogP) is 4.83. The number of aryl methyl sites for hydroxylation is 2. The lowest BCUT2D eigenvalue weighted by atomic mass is 10.1. The molecule has 0 radical (unpaired) electrons. The van der Waals surface area contributed by atoms with Crippen LogP contribution in [0.4, 0.5) is 0 Å². The fourth-order valence-corrected chi connectivity index (χ4v) is 3.67. The first-order valence-electron chi connectivity index (χ1n) is 9.22. The minimum absolute atomic E-state index is 0.0293. The van der Waals surface area contributed by atoms with Crippen molar-refractivity contribution < 1.29 is 18.6 Å². The van der Waals surface area contributed by atoms with Crippen molar-refractivity contribution in [1.29, 1.82) is 0 Å². The normalized spacial score (nSPS) is 15.9. The molecule has 28 heavy (non-hydrogen) atoms. The molecule has 0 aliphatic carbocycles. The average molecular weight is 376 g/mol. The molecule has 4 aromatic rings. The summed E-state index contributed by atoms with van der Waals surface area (Å²) in [4.78, 5) is 9.08. The van der Waals surface area contributed by atoms with Gasteiger partial charge in [0.1, 0.15) is 24.1 Å². The van der Waals surface area contributed by atoms with Crippen molar-refractivity contribution in [3.05, 3.63) is 41.6 Å². The predicted molar refractivity (Wildman–Crippen MR) is 106 cm³/mol. The SMILES string of the molecule is COc1cnc2c(-c3cc4c5c(cc(C)c4o3)O[C@H](C)CO5)cc(C)cc2n1. The Kier molecular flexibility index (Phi) is 3.69. The molecule has 142 valence electrons. The minimum atomic E-state index is 0.0293. The molecule has 0 spiro atoms. The second-order valence-electron chi connectivity index (χ2n) is 7.21. The fourth-order valence-electron chi connectivity index (χ4n) is 3.67. The quantitative estimate of drug-likeness (QED) is 0.499. The van der Waals surface area contributed by atoms with E-state index in [1.165, 1.54) is 0 Å². The Balaban J connectivity index is 1.75. The zero-order chi connectivity index (χ0) is 19.4. The topological polar surface area (TPSA) is 66.6 Å². The summed E-state index contributed by atoms with van der Waals surface area (Å²) in [5.41, 5.74) is 5.28. The van der Waals surface area contributed by atoms with Crippen LogP contribution in [0.15, 0.2) is 34.9 Å². The van der Waals surface area contributed by atoms with Crippen LogP contribution < -0.4 is 14.2 Å². The zero-order valence-corrected chi connectivity index (χ0v) is 16.2. The molecule has 0 N–H and O–H groups in total. The summed E-state index contributed by atoms with van der Waals surface area (Å²) in [7, 11) is 1.58. The summed E-state index contributed by atoms with van der Waals surface area (Å²) < 4.78 is 23.4. The molecule has 1 atom stereocenters. The molecule has 0 saturated heterocycles. The molecule has 1 aliphatic heterocycles. The molecule has 0 bridgehead atoms. The lowest BCUT2D eigenvalue weighted by molar-refractivity contribution is 0.106. The molecule has 2 aromatic carbocycles. The van der Waals surface area contributed by atoms with Crippen molar-refractivity contribution in [1.82, 2.24) is 9.97 Å². The van der Waals surface area contributed by atoms with Gasteiger partial charge in [-0.05, 0) is 56.2 Å². The number of hydrogen-bond donors (Lipinski definition) is 0. The first-order chi connectivity index (χ1) is 13.5. The zero-order valence-electron chi connectivity index (χ0n) is 16.2. The van der Waals surface area contributed by atoms with Crippen LogP contribution >= 0.6 is 0 Å². The van der Waals surface area contributed by atoms with E-state index in [2.05, 4.69) is 16.0 Å². The first kappa shape index (κ1) is 16.9. The van der Waals surface area contributed by atoms with Crippen molar-refractivity contribution in [2.75, 3.05) is 13.7 Å². The van der Waals surface area contributed by atoms with Crippen LogP contribution in [0, 0.1) is 13.8 Å². The highest BCUT2D eigenvalue weighted by atomic mass is 16.6. The molecule has 1 aliphatic rings. The van der Waals surface area contributed by atoms with E-state index in [-0.39, 0.29) is 6.10 Å². The van der Waals surface area contributed by atoms with Gasteiger partial charge in [0, 0.05) is 5.56 Å². The third-order valence-electron chi connectivity index (χ3n) is 4.94. The highest BCUT2D eigenvalue weighted by molar-refractivity contribution is 5.97. The lowest BCUT2D eigenvalue weighted by Crippen LogP contribution is -2.25. The van der Waals surface area contributed by atoms with Gasteiger partial charge in [0.15, 0.2) is 11.5 Å². The number of nitrogens with zero attached hydrogens (tertiary/aromatic N) is 2. The van der Waals surface area contributed by atoms with Gasteiger partial charge in [0.05, 0.1) is 29.7 Å². The molecule has 0 fully saturated rings. The van der Waals surface area contributed by atoms with Crippen molar-refractivity contribution in [2.24, 2.45) is 0 Å². The van der Waals surface area contributed by atoms with Gasteiger partial charge >= 0.3 is 0 Å². The lowest BCUT2D eigenvalue weighted by Gasteiger charge is -2.24. The largest absolute Gasteiger partial charge is 0.485 e. The Morgan fingerprint density at radius 2 is 2.00 bits per heavy atom. The summed E-state index contributed by atoms with van der Waals surface area (Å²) in [6, 6.07) is 8.02. The second kappa shape index (κ2) is 6.12.